The Morgan fingerprint density at radius 3 is 2.67 bits per heavy atom. The second kappa shape index (κ2) is 6.16. The third kappa shape index (κ3) is 2.65. The van der Waals surface area contributed by atoms with Crippen LogP contribution in [0.2, 0.25) is 0 Å². The number of nitrogens with zero attached hydrogens (tertiary/aromatic N) is 3. The molecule has 0 fully saturated rings. The molecule has 5 rings (SSSR count). The summed E-state index contributed by atoms with van der Waals surface area (Å²) in [5, 5.41) is 7.56. The van der Waals surface area contributed by atoms with E-state index in [4.69, 9.17) is 0 Å². The summed E-state index contributed by atoms with van der Waals surface area (Å²) in [6.45, 7) is 0. The molecular weight excluding hydrogens is 343 g/mol. The maximum atomic E-state index is 13.9. The van der Waals surface area contributed by atoms with Gasteiger partial charge in [-0.1, -0.05) is 42.5 Å². The summed E-state index contributed by atoms with van der Waals surface area (Å²) in [7, 11) is 0. The molecule has 1 aliphatic heterocycles. The fourth-order valence-corrected chi connectivity index (χ4v) is 4.10. The van der Waals surface area contributed by atoms with E-state index in [1.807, 2.05) is 24.3 Å². The maximum absolute atomic E-state index is 13.9. The average Bonchev–Trinajstić information content (AvgIpc) is 3.15. The first-order valence-electron chi connectivity index (χ1n) is 8.94. The zero-order chi connectivity index (χ0) is 18.4. The second-order valence-electron chi connectivity index (χ2n) is 6.94. The summed E-state index contributed by atoms with van der Waals surface area (Å²) in [4.78, 5) is 17.4. The Kier molecular flexibility index (Phi) is 3.63. The number of Topliss-reactive ketones (excluding diaryl/α,β-unsaturated/α-hetero) is 1. The number of ketones is 1. The summed E-state index contributed by atoms with van der Waals surface area (Å²) in [6, 6.07) is 15.9. The fourth-order valence-electron chi connectivity index (χ4n) is 4.10. The molecule has 0 spiro atoms. The van der Waals surface area contributed by atoms with Crippen molar-refractivity contribution in [3.63, 3.8) is 0 Å². The Hall–Kier alpha value is -3.28. The van der Waals surface area contributed by atoms with Gasteiger partial charge in [-0.15, -0.1) is 0 Å². The normalized spacial score (nSPS) is 21.4. The molecule has 2 atom stereocenters. The van der Waals surface area contributed by atoms with Crippen LogP contribution in [0.4, 0.5) is 10.3 Å². The van der Waals surface area contributed by atoms with E-state index in [1.165, 1.54) is 18.5 Å². The van der Waals surface area contributed by atoms with E-state index >= 15 is 0 Å². The monoisotopic (exact) mass is 360 g/mol. The van der Waals surface area contributed by atoms with Crippen molar-refractivity contribution >= 4 is 11.7 Å². The number of rotatable bonds is 2. The number of allylic oxidation sites excluding steroid dienone is 2. The minimum absolute atomic E-state index is 0.0630. The van der Waals surface area contributed by atoms with Gasteiger partial charge in [-0.05, 0) is 35.6 Å². The summed E-state index contributed by atoms with van der Waals surface area (Å²) < 4.78 is 15.5. The molecule has 1 N–H and O–H groups in total. The summed E-state index contributed by atoms with van der Waals surface area (Å²) >= 11 is 0. The molecule has 0 amide bonds. The number of benzene rings is 2. The number of anilines is 1. The first-order chi connectivity index (χ1) is 13.2. The minimum Gasteiger partial charge on any atom is -0.328 e. The number of fused-ring (bicyclic) bond motifs is 1. The van der Waals surface area contributed by atoms with Crippen molar-refractivity contribution in [2.24, 2.45) is 0 Å². The van der Waals surface area contributed by atoms with Crippen molar-refractivity contribution < 1.29 is 9.18 Å². The standard InChI is InChI=1S/C21H17FN4O/c22-16-8-4-7-14(9-16)20-19-17(25-21-23-12-24-26(20)21)10-15(11-18(19)27)13-5-2-1-3-6-13/h1-9,12,15,20H,10-11H2,(H,23,24,25)/t15-,20+/m0/s1. The molecule has 5 nitrogen and oxygen atoms in total. The molecular formula is C21H17FN4O. The number of hydrogen-bond donors (Lipinski definition) is 1. The van der Waals surface area contributed by atoms with Crippen LogP contribution in [0.3, 0.4) is 0 Å². The lowest BCUT2D eigenvalue weighted by Gasteiger charge is -2.35. The molecule has 1 aromatic heterocycles. The molecule has 0 saturated carbocycles. The highest BCUT2D eigenvalue weighted by atomic mass is 19.1. The van der Waals surface area contributed by atoms with Crippen LogP contribution in [0.25, 0.3) is 0 Å². The van der Waals surface area contributed by atoms with Crippen LogP contribution in [0.5, 0.6) is 0 Å². The smallest absolute Gasteiger partial charge is 0.226 e. The molecule has 27 heavy (non-hydrogen) atoms. The van der Waals surface area contributed by atoms with Gasteiger partial charge in [-0.3, -0.25) is 4.79 Å². The molecule has 0 unspecified atom stereocenters. The third-order valence-electron chi connectivity index (χ3n) is 5.30. The molecule has 2 heterocycles. The van der Waals surface area contributed by atoms with Crippen LogP contribution in [-0.4, -0.2) is 20.5 Å². The molecule has 6 heteroatoms. The third-order valence-corrected chi connectivity index (χ3v) is 5.30. The van der Waals surface area contributed by atoms with Gasteiger partial charge >= 0.3 is 0 Å². The molecule has 0 saturated heterocycles. The Morgan fingerprint density at radius 2 is 1.85 bits per heavy atom. The SMILES string of the molecule is O=C1C[C@@H](c2ccccc2)CC2=C1[C@@H](c1cccc(F)c1)n1ncnc1N2. The summed E-state index contributed by atoms with van der Waals surface area (Å²) in [5.41, 5.74) is 3.36. The van der Waals surface area contributed by atoms with Gasteiger partial charge < -0.3 is 5.32 Å². The van der Waals surface area contributed by atoms with Crippen LogP contribution < -0.4 is 5.32 Å². The number of nitrogens with one attached hydrogen (secondary N) is 1. The highest BCUT2D eigenvalue weighted by Gasteiger charge is 2.39. The Balaban J connectivity index is 1.62. The van der Waals surface area contributed by atoms with E-state index in [0.717, 1.165) is 11.3 Å². The zero-order valence-electron chi connectivity index (χ0n) is 14.5. The van der Waals surface area contributed by atoms with Gasteiger partial charge in [0.05, 0.1) is 0 Å². The van der Waals surface area contributed by atoms with Crippen molar-refractivity contribution in [1.82, 2.24) is 14.8 Å². The van der Waals surface area contributed by atoms with Gasteiger partial charge in [0.25, 0.3) is 0 Å². The highest BCUT2D eigenvalue weighted by Crippen LogP contribution is 2.43. The van der Waals surface area contributed by atoms with Crippen LogP contribution in [0.1, 0.15) is 35.9 Å². The molecule has 0 bridgehead atoms. The first kappa shape index (κ1) is 15.9. The molecule has 1 aliphatic carbocycles. The van der Waals surface area contributed by atoms with Crippen LogP contribution in [-0.2, 0) is 4.79 Å². The van der Waals surface area contributed by atoms with Crippen molar-refractivity contribution in [1.29, 1.82) is 0 Å². The number of hydrogen-bond acceptors (Lipinski definition) is 4. The van der Waals surface area contributed by atoms with Crippen molar-refractivity contribution in [3.8, 4) is 0 Å². The van der Waals surface area contributed by atoms with E-state index in [-0.39, 0.29) is 17.5 Å². The summed E-state index contributed by atoms with van der Waals surface area (Å²) in [5.74, 6) is 0.422. The Labute approximate surface area is 155 Å². The van der Waals surface area contributed by atoms with E-state index in [0.29, 0.717) is 29.9 Å². The van der Waals surface area contributed by atoms with E-state index in [1.54, 1.807) is 10.7 Å². The zero-order valence-corrected chi connectivity index (χ0v) is 14.5. The lowest BCUT2D eigenvalue weighted by molar-refractivity contribution is -0.116. The molecule has 0 radical (unpaired) electrons. The van der Waals surface area contributed by atoms with E-state index in [2.05, 4.69) is 27.5 Å². The van der Waals surface area contributed by atoms with Gasteiger partial charge in [0.1, 0.15) is 18.2 Å². The number of carbonyl (C=O) groups is 1. The average molecular weight is 360 g/mol. The van der Waals surface area contributed by atoms with Crippen molar-refractivity contribution in [2.75, 3.05) is 5.32 Å². The number of aromatic nitrogens is 3. The topological polar surface area (TPSA) is 59.8 Å². The van der Waals surface area contributed by atoms with E-state index in [9.17, 15) is 9.18 Å². The molecule has 2 aliphatic rings. The second-order valence-corrected chi connectivity index (χ2v) is 6.94. The van der Waals surface area contributed by atoms with Gasteiger partial charge in [0.15, 0.2) is 5.78 Å². The quantitative estimate of drug-likeness (QED) is 0.754. The summed E-state index contributed by atoms with van der Waals surface area (Å²) in [6.07, 6.45) is 2.59. The predicted octanol–water partition coefficient (Wildman–Crippen LogP) is 3.83. The predicted molar refractivity (Wildman–Crippen MR) is 98.6 cm³/mol. The highest BCUT2D eigenvalue weighted by molar-refractivity contribution is 6.00. The van der Waals surface area contributed by atoms with Gasteiger partial charge in [-0.2, -0.15) is 10.1 Å². The van der Waals surface area contributed by atoms with Gasteiger partial charge in [0, 0.05) is 17.7 Å². The maximum Gasteiger partial charge on any atom is 0.226 e. The Morgan fingerprint density at radius 1 is 1.04 bits per heavy atom. The largest absolute Gasteiger partial charge is 0.328 e. The minimum atomic E-state index is -0.460. The number of carbonyl (C=O) groups excluding carboxylic acids is 1. The lowest BCUT2D eigenvalue weighted by atomic mass is 9.78. The van der Waals surface area contributed by atoms with Crippen molar-refractivity contribution in [2.45, 2.75) is 24.8 Å². The fraction of sp³-hybridized carbons (Fsp3) is 0.190. The van der Waals surface area contributed by atoms with Crippen LogP contribution >= 0.6 is 0 Å². The van der Waals surface area contributed by atoms with Crippen molar-refractivity contribution in [3.05, 3.63) is 89.1 Å². The molecule has 2 aromatic carbocycles. The number of halogens is 1. The molecule has 134 valence electrons. The Bertz CT molecular complexity index is 1060. The lowest BCUT2D eigenvalue weighted by Crippen LogP contribution is -2.33. The molecule has 3 aromatic rings. The van der Waals surface area contributed by atoms with E-state index < -0.39 is 6.04 Å². The van der Waals surface area contributed by atoms with Gasteiger partial charge in [0.2, 0.25) is 5.95 Å². The first-order valence-corrected chi connectivity index (χ1v) is 8.94. The van der Waals surface area contributed by atoms with Crippen LogP contribution in [0.15, 0.2) is 72.2 Å². The van der Waals surface area contributed by atoms with Crippen LogP contribution in [0, 0.1) is 5.82 Å². The van der Waals surface area contributed by atoms with Gasteiger partial charge in [-0.25, -0.2) is 9.07 Å².